The molecule has 0 saturated carbocycles. The summed E-state index contributed by atoms with van der Waals surface area (Å²) < 4.78 is 60.6. The van der Waals surface area contributed by atoms with Gasteiger partial charge < -0.3 is 54.9 Å². The van der Waals surface area contributed by atoms with Crippen molar-refractivity contribution in [3.63, 3.8) is 0 Å². The lowest BCUT2D eigenvalue weighted by atomic mass is 10.2. The predicted octanol–water partition coefficient (Wildman–Crippen LogP) is -4.26. The highest BCUT2D eigenvalue weighted by atomic mass is 31.3. The Morgan fingerprint density at radius 3 is 2.40 bits per heavy atom. The number of nitrogens with zero attached hydrogens (tertiary/aromatic N) is 2. The maximum atomic E-state index is 12.2. The van der Waals surface area contributed by atoms with Gasteiger partial charge in [0, 0.05) is 24.7 Å². The summed E-state index contributed by atoms with van der Waals surface area (Å²) in [4.78, 5) is 59.6. The van der Waals surface area contributed by atoms with E-state index in [1.807, 2.05) is 0 Å². The van der Waals surface area contributed by atoms with Crippen molar-refractivity contribution in [3.05, 3.63) is 22.2 Å². The molecule has 5 N–H and O–H groups in total. The monoisotopic (exact) mass is 566 g/mol. The van der Waals surface area contributed by atoms with E-state index in [-0.39, 0.29) is 31.2 Å². The molecular formula is C13H21N4O15P3-4. The van der Waals surface area contributed by atoms with Crippen LogP contribution in [0.1, 0.15) is 18.2 Å². The van der Waals surface area contributed by atoms with Crippen LogP contribution in [0.25, 0.3) is 0 Å². The van der Waals surface area contributed by atoms with Crippen molar-refractivity contribution in [1.29, 1.82) is 0 Å². The standard InChI is InChI=1S/C13H25N4O15P3/c14-1-2-27-3-4-28-7-8-6-17(13(19)16-11(8)15)10-5-9(18)12(29-10)30-34(23,24)32-35(25,26)31-33(20,21)22/h6,9-10,12,18H,1-5,7,14H2,(H,23,24)(H,25,26)(H2,15,16,19)(H2,20,21,22)/p-4. The normalized spacial score (nSPS) is 24.2. The fourth-order valence-corrected chi connectivity index (χ4v) is 5.57. The van der Waals surface area contributed by atoms with Gasteiger partial charge in [-0.25, -0.2) is 9.11 Å². The molecule has 0 bridgehead atoms. The summed E-state index contributed by atoms with van der Waals surface area (Å²) in [6.07, 6.45) is -4.46. The van der Waals surface area contributed by atoms with Crippen LogP contribution in [0.3, 0.4) is 0 Å². The van der Waals surface area contributed by atoms with Crippen LogP contribution in [0.15, 0.2) is 11.0 Å². The highest BCUT2D eigenvalue weighted by Crippen LogP contribution is 2.61. The van der Waals surface area contributed by atoms with Gasteiger partial charge >= 0.3 is 5.69 Å². The number of nitrogen functional groups attached to an aromatic ring is 1. The lowest BCUT2D eigenvalue weighted by Gasteiger charge is -2.38. The van der Waals surface area contributed by atoms with E-state index in [0.29, 0.717) is 13.2 Å². The van der Waals surface area contributed by atoms with Crippen LogP contribution in [-0.2, 0) is 47.7 Å². The van der Waals surface area contributed by atoms with Crippen LogP contribution in [0, 0.1) is 0 Å². The Morgan fingerprint density at radius 2 is 1.77 bits per heavy atom. The molecule has 0 amide bonds. The number of ether oxygens (including phenoxy) is 3. The van der Waals surface area contributed by atoms with Gasteiger partial charge in [-0.1, -0.05) is 0 Å². The van der Waals surface area contributed by atoms with Crippen LogP contribution in [0.4, 0.5) is 5.82 Å². The van der Waals surface area contributed by atoms with Gasteiger partial charge in [-0.15, -0.1) is 0 Å². The Morgan fingerprint density at radius 1 is 1.11 bits per heavy atom. The largest absolute Gasteiger partial charge is 0.790 e. The Hall–Kier alpha value is -1.11. The number of aromatic nitrogens is 2. The van der Waals surface area contributed by atoms with Crippen molar-refractivity contribution < 1.29 is 65.7 Å². The topological polar surface area (TPSA) is 306 Å². The number of phosphoric acid groups is 3. The zero-order valence-electron chi connectivity index (χ0n) is 17.6. The van der Waals surface area contributed by atoms with E-state index >= 15 is 0 Å². The molecule has 1 aromatic heterocycles. The van der Waals surface area contributed by atoms with Crippen molar-refractivity contribution in [2.75, 3.05) is 32.1 Å². The van der Waals surface area contributed by atoms with E-state index < -0.39 is 54.2 Å². The average Bonchev–Trinajstić information content (AvgIpc) is 3.02. The van der Waals surface area contributed by atoms with Crippen LogP contribution < -0.4 is 36.7 Å². The van der Waals surface area contributed by atoms with E-state index in [9.17, 15) is 43.2 Å². The second-order valence-electron chi connectivity index (χ2n) is 6.67. The molecular weight excluding hydrogens is 545 g/mol. The highest BCUT2D eigenvalue weighted by Gasteiger charge is 2.39. The molecule has 0 spiro atoms. The number of hydrogen-bond donors (Lipinski definition) is 3. The Bertz CT molecular complexity index is 1060. The predicted molar refractivity (Wildman–Crippen MR) is 103 cm³/mol. The number of anilines is 1. The minimum Gasteiger partial charge on any atom is -0.790 e. The molecule has 35 heavy (non-hydrogen) atoms. The second kappa shape index (κ2) is 12.4. The van der Waals surface area contributed by atoms with E-state index in [0.717, 1.165) is 4.57 Å². The molecule has 2 heterocycles. The molecule has 5 atom stereocenters. The molecule has 1 aliphatic heterocycles. The summed E-state index contributed by atoms with van der Waals surface area (Å²) in [5, 5.41) is 10.0. The maximum absolute atomic E-state index is 12.2. The molecule has 1 aromatic rings. The van der Waals surface area contributed by atoms with Crippen molar-refractivity contribution in [2.45, 2.75) is 31.6 Å². The van der Waals surface area contributed by atoms with E-state index in [1.165, 1.54) is 6.20 Å². The quantitative estimate of drug-likeness (QED) is 0.142. The smallest absolute Gasteiger partial charge is 0.351 e. The van der Waals surface area contributed by atoms with Gasteiger partial charge in [0.05, 0.1) is 34.3 Å². The van der Waals surface area contributed by atoms with E-state index in [1.54, 1.807) is 0 Å². The summed E-state index contributed by atoms with van der Waals surface area (Å²) in [6, 6.07) is 0. The number of phosphoric ester groups is 1. The Labute approximate surface area is 197 Å². The maximum Gasteiger partial charge on any atom is 0.351 e. The molecule has 1 fully saturated rings. The lowest BCUT2D eigenvalue weighted by Crippen LogP contribution is -2.29. The highest BCUT2D eigenvalue weighted by molar-refractivity contribution is 7.64. The van der Waals surface area contributed by atoms with Gasteiger partial charge in [0.2, 0.25) is 0 Å². The van der Waals surface area contributed by atoms with Gasteiger partial charge in [-0.2, -0.15) is 4.98 Å². The number of aliphatic hydroxyl groups excluding tert-OH is 1. The molecule has 202 valence electrons. The van der Waals surface area contributed by atoms with Crippen LogP contribution in [0.5, 0.6) is 0 Å². The number of nitrogens with two attached hydrogens (primary N) is 2. The first-order valence-corrected chi connectivity index (χ1v) is 13.8. The Balaban J connectivity index is 2.05. The summed E-state index contributed by atoms with van der Waals surface area (Å²) >= 11 is 0. The van der Waals surface area contributed by atoms with Gasteiger partial charge in [0.1, 0.15) is 18.1 Å². The zero-order chi connectivity index (χ0) is 26.4. The van der Waals surface area contributed by atoms with E-state index in [2.05, 4.69) is 18.1 Å². The first-order valence-electron chi connectivity index (χ1n) is 9.44. The third kappa shape index (κ3) is 10.0. The molecule has 2 rings (SSSR count). The van der Waals surface area contributed by atoms with Crippen molar-refractivity contribution >= 4 is 29.3 Å². The van der Waals surface area contributed by atoms with Crippen LogP contribution in [-0.4, -0.2) is 53.4 Å². The van der Waals surface area contributed by atoms with Gasteiger partial charge in [-0.05, 0) is 0 Å². The number of aliphatic hydroxyl groups is 1. The molecule has 1 saturated heterocycles. The molecule has 5 unspecified atom stereocenters. The van der Waals surface area contributed by atoms with Gasteiger partial charge in [0.15, 0.2) is 6.29 Å². The average molecular weight is 566 g/mol. The third-order valence-corrected chi connectivity index (χ3v) is 7.61. The molecule has 0 aliphatic carbocycles. The van der Waals surface area contributed by atoms with Gasteiger partial charge in [-0.3, -0.25) is 22.5 Å². The lowest BCUT2D eigenvalue weighted by molar-refractivity contribution is -0.339. The third-order valence-electron chi connectivity index (χ3n) is 3.94. The van der Waals surface area contributed by atoms with Crippen molar-refractivity contribution in [3.8, 4) is 0 Å². The van der Waals surface area contributed by atoms with Crippen molar-refractivity contribution in [2.24, 2.45) is 5.73 Å². The summed E-state index contributed by atoms with van der Waals surface area (Å²) in [6.45, 7) is 0.960. The minimum absolute atomic E-state index is 0.105. The van der Waals surface area contributed by atoms with Crippen LogP contribution >= 0.6 is 23.5 Å². The fraction of sp³-hybridized carbons (Fsp3) is 0.692. The molecule has 1 aliphatic rings. The number of rotatable bonds is 14. The number of hydrogen-bond acceptors (Lipinski definition) is 18. The first-order chi connectivity index (χ1) is 16.1. The second-order valence-corrected chi connectivity index (χ2v) is 10.9. The SMILES string of the molecule is NCCOCCOCc1cn(C2CC(O)C(OP(=O)([O-])OP(=O)([O-])OP(=O)([O-])[O-])O2)c(=O)nc1N. The van der Waals surface area contributed by atoms with Crippen LogP contribution in [0.2, 0.25) is 0 Å². The Kier molecular flexibility index (Phi) is 10.7. The van der Waals surface area contributed by atoms with E-state index in [4.69, 9.17) is 25.7 Å². The fourth-order valence-electron chi connectivity index (χ4n) is 2.62. The summed E-state index contributed by atoms with van der Waals surface area (Å²) in [5.74, 6) is -0.168. The molecule has 22 heteroatoms. The molecule has 0 aromatic carbocycles. The molecule has 19 nitrogen and oxygen atoms in total. The molecule has 0 radical (unpaired) electrons. The minimum atomic E-state index is -6.21. The van der Waals surface area contributed by atoms with Crippen molar-refractivity contribution in [1.82, 2.24) is 9.55 Å². The first kappa shape index (κ1) is 30.1. The summed E-state index contributed by atoms with van der Waals surface area (Å²) in [7, 11) is -18.3. The zero-order valence-corrected chi connectivity index (χ0v) is 20.3. The van der Waals surface area contributed by atoms with Gasteiger partial charge in [0.25, 0.3) is 15.6 Å². The summed E-state index contributed by atoms with van der Waals surface area (Å²) in [5.41, 5.74) is 10.3.